The van der Waals surface area contributed by atoms with Gasteiger partial charge < -0.3 is 24.8 Å². The van der Waals surface area contributed by atoms with Crippen LogP contribution in [0.3, 0.4) is 0 Å². The Kier molecular flexibility index (Phi) is 3.77. The second-order valence-corrected chi connectivity index (χ2v) is 3.91. The smallest absolute Gasteiger partial charge is 0.240 e. The molecule has 0 unspecified atom stereocenters. The lowest BCUT2D eigenvalue weighted by Gasteiger charge is -2.12. The van der Waals surface area contributed by atoms with E-state index < -0.39 is 0 Å². The minimum atomic E-state index is -0.146. The number of nitrogens with two attached hydrogens (primary N) is 1. The van der Waals surface area contributed by atoms with Crippen LogP contribution < -0.4 is 15.2 Å². The summed E-state index contributed by atoms with van der Waals surface area (Å²) < 4.78 is 15.1. The summed E-state index contributed by atoms with van der Waals surface area (Å²) in [7, 11) is 2.88. The molecule has 0 aliphatic rings. The van der Waals surface area contributed by atoms with E-state index in [-0.39, 0.29) is 40.3 Å². The first-order valence-electron chi connectivity index (χ1n) is 5.28. The van der Waals surface area contributed by atoms with Gasteiger partial charge in [-0.3, -0.25) is 0 Å². The molecule has 0 radical (unpaired) electrons. The van der Waals surface area contributed by atoms with E-state index in [1.54, 1.807) is 0 Å². The van der Waals surface area contributed by atoms with Gasteiger partial charge in [-0.1, -0.05) is 16.8 Å². The maximum atomic E-state index is 9.99. The van der Waals surface area contributed by atoms with Crippen molar-refractivity contribution in [2.75, 3.05) is 14.2 Å². The van der Waals surface area contributed by atoms with Crippen LogP contribution in [0, 0.1) is 0 Å². The standard InChI is InChI=1S/C11H12ClN3O4/c1-17-6-3-5(16)8(9(12)10(6)18-2)11-14-7(4-13)19-15-11/h3,16H,4,13H2,1-2H3. The number of benzene rings is 1. The lowest BCUT2D eigenvalue weighted by molar-refractivity contribution is 0.351. The third-order valence-electron chi connectivity index (χ3n) is 2.46. The number of aromatic hydroxyl groups is 1. The van der Waals surface area contributed by atoms with E-state index in [1.807, 2.05) is 0 Å². The Morgan fingerprint density at radius 3 is 2.68 bits per heavy atom. The van der Waals surface area contributed by atoms with Crippen molar-refractivity contribution < 1.29 is 19.1 Å². The van der Waals surface area contributed by atoms with Crippen molar-refractivity contribution in [1.82, 2.24) is 10.1 Å². The van der Waals surface area contributed by atoms with Crippen molar-refractivity contribution in [3.05, 3.63) is 17.0 Å². The normalized spacial score (nSPS) is 10.5. The molecule has 8 heteroatoms. The molecule has 102 valence electrons. The molecule has 1 aromatic heterocycles. The van der Waals surface area contributed by atoms with E-state index in [9.17, 15) is 5.11 Å². The quantitative estimate of drug-likeness (QED) is 0.878. The fourth-order valence-corrected chi connectivity index (χ4v) is 1.94. The van der Waals surface area contributed by atoms with Gasteiger partial charge in [-0.15, -0.1) is 0 Å². The summed E-state index contributed by atoms with van der Waals surface area (Å²) in [5.74, 6) is 0.795. The Balaban J connectivity index is 2.63. The van der Waals surface area contributed by atoms with Crippen molar-refractivity contribution in [2.45, 2.75) is 6.54 Å². The molecule has 0 amide bonds. The van der Waals surface area contributed by atoms with E-state index in [0.29, 0.717) is 5.75 Å². The highest BCUT2D eigenvalue weighted by Gasteiger charge is 2.22. The highest BCUT2D eigenvalue weighted by molar-refractivity contribution is 6.35. The predicted octanol–water partition coefficient (Wildman–Crippen LogP) is 1.57. The van der Waals surface area contributed by atoms with Crippen molar-refractivity contribution in [3.63, 3.8) is 0 Å². The molecular weight excluding hydrogens is 274 g/mol. The summed E-state index contributed by atoms with van der Waals surface area (Å²) in [6, 6.07) is 1.36. The fraction of sp³-hybridized carbons (Fsp3) is 0.273. The van der Waals surface area contributed by atoms with Gasteiger partial charge in [0, 0.05) is 6.07 Å². The van der Waals surface area contributed by atoms with Gasteiger partial charge in [0.05, 0.1) is 26.3 Å². The number of halogens is 1. The van der Waals surface area contributed by atoms with Gasteiger partial charge in [0.1, 0.15) is 10.8 Å². The van der Waals surface area contributed by atoms with Gasteiger partial charge in [0.15, 0.2) is 11.5 Å². The predicted molar refractivity (Wildman–Crippen MR) is 67.4 cm³/mol. The highest BCUT2D eigenvalue weighted by atomic mass is 35.5. The Morgan fingerprint density at radius 1 is 1.42 bits per heavy atom. The molecular formula is C11H12ClN3O4. The van der Waals surface area contributed by atoms with Crippen LogP contribution in [0.2, 0.25) is 5.02 Å². The zero-order chi connectivity index (χ0) is 14.0. The van der Waals surface area contributed by atoms with Gasteiger partial charge in [-0.05, 0) is 0 Å². The number of phenolic OH excluding ortho intramolecular Hbond substituents is 1. The van der Waals surface area contributed by atoms with Gasteiger partial charge in [-0.2, -0.15) is 4.98 Å². The molecule has 0 aliphatic heterocycles. The van der Waals surface area contributed by atoms with Crippen LogP contribution in [0.4, 0.5) is 0 Å². The van der Waals surface area contributed by atoms with E-state index in [2.05, 4.69) is 10.1 Å². The minimum absolute atomic E-state index is 0.0959. The second kappa shape index (κ2) is 5.33. The summed E-state index contributed by atoms with van der Waals surface area (Å²) in [5.41, 5.74) is 5.58. The molecule has 19 heavy (non-hydrogen) atoms. The van der Waals surface area contributed by atoms with Crippen molar-refractivity contribution in [3.8, 4) is 28.6 Å². The van der Waals surface area contributed by atoms with Gasteiger partial charge in [0.25, 0.3) is 0 Å². The van der Waals surface area contributed by atoms with Crippen molar-refractivity contribution >= 4 is 11.6 Å². The summed E-state index contributed by atoms with van der Waals surface area (Å²) >= 11 is 6.17. The van der Waals surface area contributed by atoms with Crippen LogP contribution in [-0.2, 0) is 6.54 Å². The topological polar surface area (TPSA) is 104 Å². The lowest BCUT2D eigenvalue weighted by atomic mass is 10.1. The second-order valence-electron chi connectivity index (χ2n) is 3.54. The van der Waals surface area contributed by atoms with Crippen molar-refractivity contribution in [2.24, 2.45) is 5.73 Å². The van der Waals surface area contributed by atoms with E-state index in [4.69, 9.17) is 31.3 Å². The molecule has 0 fully saturated rings. The largest absolute Gasteiger partial charge is 0.507 e. The SMILES string of the molecule is COc1cc(O)c(-c2noc(CN)n2)c(Cl)c1OC. The van der Waals surface area contributed by atoms with E-state index in [1.165, 1.54) is 20.3 Å². The molecule has 7 nitrogen and oxygen atoms in total. The van der Waals surface area contributed by atoms with Gasteiger partial charge >= 0.3 is 0 Å². The minimum Gasteiger partial charge on any atom is -0.507 e. The number of hydrogen-bond acceptors (Lipinski definition) is 7. The van der Waals surface area contributed by atoms with Crippen LogP contribution in [0.5, 0.6) is 17.2 Å². The zero-order valence-electron chi connectivity index (χ0n) is 10.3. The number of methoxy groups -OCH3 is 2. The monoisotopic (exact) mass is 285 g/mol. The Hall–Kier alpha value is -1.99. The number of hydrogen-bond donors (Lipinski definition) is 2. The first-order chi connectivity index (χ1) is 9.12. The molecule has 1 aromatic carbocycles. The van der Waals surface area contributed by atoms with Crippen LogP contribution in [0.15, 0.2) is 10.6 Å². The third kappa shape index (κ3) is 2.29. The lowest BCUT2D eigenvalue weighted by Crippen LogP contribution is -1.96. The Labute approximate surface area is 113 Å². The molecule has 2 aromatic rings. The maximum absolute atomic E-state index is 9.99. The number of aromatic nitrogens is 2. The van der Waals surface area contributed by atoms with E-state index >= 15 is 0 Å². The molecule has 3 N–H and O–H groups in total. The Bertz CT molecular complexity index is 600. The zero-order valence-corrected chi connectivity index (χ0v) is 11.1. The van der Waals surface area contributed by atoms with Crippen LogP contribution in [0.25, 0.3) is 11.4 Å². The molecule has 2 rings (SSSR count). The molecule has 0 aliphatic carbocycles. The molecule has 0 spiro atoms. The van der Waals surface area contributed by atoms with Crippen LogP contribution in [0.1, 0.15) is 5.89 Å². The molecule has 0 saturated heterocycles. The first-order valence-corrected chi connectivity index (χ1v) is 5.66. The first kappa shape index (κ1) is 13.4. The fourth-order valence-electron chi connectivity index (χ4n) is 1.59. The molecule has 0 bridgehead atoms. The Morgan fingerprint density at radius 2 is 2.16 bits per heavy atom. The van der Waals surface area contributed by atoms with Crippen LogP contribution in [-0.4, -0.2) is 29.5 Å². The summed E-state index contributed by atoms with van der Waals surface area (Å²) in [6.07, 6.45) is 0. The van der Waals surface area contributed by atoms with Crippen LogP contribution >= 0.6 is 11.6 Å². The number of rotatable bonds is 4. The number of ether oxygens (including phenoxy) is 2. The summed E-state index contributed by atoms with van der Waals surface area (Å²) in [4.78, 5) is 4.01. The van der Waals surface area contributed by atoms with E-state index in [0.717, 1.165) is 0 Å². The highest BCUT2D eigenvalue weighted by Crippen LogP contribution is 2.46. The third-order valence-corrected chi connectivity index (χ3v) is 2.82. The molecule has 0 atom stereocenters. The number of phenols is 1. The summed E-state index contributed by atoms with van der Waals surface area (Å²) in [5, 5.41) is 13.8. The summed E-state index contributed by atoms with van der Waals surface area (Å²) in [6.45, 7) is 0.0959. The molecule has 0 saturated carbocycles. The van der Waals surface area contributed by atoms with Gasteiger partial charge in [0.2, 0.25) is 11.7 Å². The number of nitrogens with zero attached hydrogens (tertiary/aromatic N) is 2. The van der Waals surface area contributed by atoms with Crippen molar-refractivity contribution in [1.29, 1.82) is 0 Å². The average Bonchev–Trinajstić information content (AvgIpc) is 2.86. The maximum Gasteiger partial charge on any atom is 0.240 e. The average molecular weight is 286 g/mol. The molecule has 1 heterocycles. The van der Waals surface area contributed by atoms with Gasteiger partial charge in [-0.25, -0.2) is 0 Å².